The van der Waals surface area contributed by atoms with Crippen molar-refractivity contribution in [1.82, 2.24) is 10.2 Å². The quantitative estimate of drug-likeness (QED) is 0.896. The molecule has 0 spiro atoms. The van der Waals surface area contributed by atoms with Gasteiger partial charge in [0.1, 0.15) is 5.75 Å². The third-order valence-electron chi connectivity index (χ3n) is 5.01. The highest BCUT2D eigenvalue weighted by Gasteiger charge is 2.28. The Hall–Kier alpha value is -2.37. The highest BCUT2D eigenvalue weighted by molar-refractivity contribution is 5.82. The van der Waals surface area contributed by atoms with Crippen LogP contribution in [0.3, 0.4) is 0 Å². The lowest BCUT2D eigenvalue weighted by Gasteiger charge is -2.27. The largest absolute Gasteiger partial charge is 0.480 e. The molecule has 1 saturated heterocycles. The molecule has 2 aromatic carbocycles. The molecule has 2 heterocycles. The van der Waals surface area contributed by atoms with Gasteiger partial charge in [-0.1, -0.05) is 42.5 Å². The van der Waals surface area contributed by atoms with Crippen molar-refractivity contribution >= 4 is 5.91 Å². The number of amides is 1. The molecule has 4 rings (SSSR count). The van der Waals surface area contributed by atoms with Crippen LogP contribution < -0.4 is 10.1 Å². The average molecular weight is 352 g/mol. The Labute approximate surface area is 153 Å². The van der Waals surface area contributed by atoms with Crippen LogP contribution in [0, 0.1) is 0 Å². The SMILES string of the molecule is O=C(NCc1ccccc1CN1CCOCC1)[C@@H]1Cc2ccccc2O1. The summed E-state index contributed by atoms with van der Waals surface area (Å²) in [5.74, 6) is 0.766. The number of nitrogens with one attached hydrogen (secondary N) is 1. The van der Waals surface area contributed by atoms with Crippen LogP contribution in [0.5, 0.6) is 5.75 Å². The minimum Gasteiger partial charge on any atom is -0.480 e. The average Bonchev–Trinajstić information content (AvgIpc) is 3.12. The van der Waals surface area contributed by atoms with Gasteiger partial charge in [0.25, 0.3) is 5.91 Å². The van der Waals surface area contributed by atoms with Crippen molar-refractivity contribution in [3.05, 3.63) is 65.2 Å². The molecular formula is C21H24N2O3. The number of hydrogen-bond acceptors (Lipinski definition) is 4. The van der Waals surface area contributed by atoms with Gasteiger partial charge >= 0.3 is 0 Å². The molecule has 0 bridgehead atoms. The lowest BCUT2D eigenvalue weighted by atomic mass is 10.1. The van der Waals surface area contributed by atoms with Crippen LogP contribution in [0.25, 0.3) is 0 Å². The molecule has 0 aromatic heterocycles. The topological polar surface area (TPSA) is 50.8 Å². The Bertz CT molecular complexity index is 746. The number of rotatable bonds is 5. The van der Waals surface area contributed by atoms with E-state index in [1.54, 1.807) is 0 Å². The highest BCUT2D eigenvalue weighted by Crippen LogP contribution is 2.28. The van der Waals surface area contributed by atoms with Crippen LogP contribution in [0.4, 0.5) is 0 Å². The summed E-state index contributed by atoms with van der Waals surface area (Å²) in [4.78, 5) is 14.9. The van der Waals surface area contributed by atoms with E-state index in [2.05, 4.69) is 28.4 Å². The summed E-state index contributed by atoms with van der Waals surface area (Å²) in [5, 5.41) is 3.05. The third-order valence-corrected chi connectivity index (χ3v) is 5.01. The summed E-state index contributed by atoms with van der Waals surface area (Å²) in [6, 6.07) is 16.1. The standard InChI is InChI=1S/C21H24N2O3/c24-21(20-13-16-5-3-4-8-19(16)26-20)22-14-17-6-1-2-7-18(17)15-23-9-11-25-12-10-23/h1-8,20H,9-15H2,(H,22,24)/t20-/m0/s1. The summed E-state index contributed by atoms with van der Waals surface area (Å²) < 4.78 is 11.2. The zero-order chi connectivity index (χ0) is 17.8. The Balaban J connectivity index is 1.35. The monoisotopic (exact) mass is 352 g/mol. The fraction of sp³-hybridized carbons (Fsp3) is 0.381. The molecule has 5 nitrogen and oxygen atoms in total. The fourth-order valence-corrected chi connectivity index (χ4v) is 3.51. The van der Waals surface area contributed by atoms with Gasteiger partial charge in [-0.2, -0.15) is 0 Å². The molecular weight excluding hydrogens is 328 g/mol. The minimum absolute atomic E-state index is 0.0534. The Morgan fingerprint density at radius 1 is 1.04 bits per heavy atom. The van der Waals surface area contributed by atoms with Gasteiger partial charge in [-0.05, 0) is 22.8 Å². The van der Waals surface area contributed by atoms with Crippen molar-refractivity contribution in [2.45, 2.75) is 25.6 Å². The number of fused-ring (bicyclic) bond motifs is 1. The molecule has 1 amide bonds. The number of benzene rings is 2. The number of ether oxygens (including phenoxy) is 2. The van der Waals surface area contributed by atoms with Crippen LogP contribution in [0.2, 0.25) is 0 Å². The van der Waals surface area contributed by atoms with Gasteiger partial charge in [0.2, 0.25) is 0 Å². The van der Waals surface area contributed by atoms with E-state index in [0.29, 0.717) is 13.0 Å². The molecule has 2 aromatic rings. The van der Waals surface area contributed by atoms with Crippen LogP contribution in [-0.4, -0.2) is 43.2 Å². The molecule has 0 saturated carbocycles. The predicted molar refractivity (Wildman–Crippen MR) is 98.9 cm³/mol. The Morgan fingerprint density at radius 2 is 1.77 bits per heavy atom. The van der Waals surface area contributed by atoms with Gasteiger partial charge in [0, 0.05) is 32.6 Å². The van der Waals surface area contributed by atoms with Gasteiger partial charge in [-0.15, -0.1) is 0 Å². The molecule has 136 valence electrons. The first kappa shape index (κ1) is 17.1. The minimum atomic E-state index is -0.432. The van der Waals surface area contributed by atoms with E-state index in [1.165, 1.54) is 5.56 Å². The van der Waals surface area contributed by atoms with E-state index in [0.717, 1.165) is 49.7 Å². The first-order chi connectivity index (χ1) is 12.8. The van der Waals surface area contributed by atoms with Crippen molar-refractivity contribution in [1.29, 1.82) is 0 Å². The van der Waals surface area contributed by atoms with Crippen LogP contribution in [0.15, 0.2) is 48.5 Å². The Kier molecular flexibility index (Phi) is 5.18. The van der Waals surface area contributed by atoms with Crippen LogP contribution >= 0.6 is 0 Å². The van der Waals surface area contributed by atoms with Crippen molar-refractivity contribution < 1.29 is 14.3 Å². The number of carbonyl (C=O) groups excluding carboxylic acids is 1. The molecule has 0 radical (unpaired) electrons. The molecule has 1 atom stereocenters. The first-order valence-corrected chi connectivity index (χ1v) is 9.19. The maximum absolute atomic E-state index is 12.5. The van der Waals surface area contributed by atoms with Gasteiger partial charge in [-0.25, -0.2) is 0 Å². The molecule has 26 heavy (non-hydrogen) atoms. The fourth-order valence-electron chi connectivity index (χ4n) is 3.51. The summed E-state index contributed by atoms with van der Waals surface area (Å²) in [6.07, 6.45) is 0.205. The second kappa shape index (κ2) is 7.89. The second-order valence-corrected chi connectivity index (χ2v) is 6.79. The predicted octanol–water partition coefficient (Wildman–Crippen LogP) is 2.14. The molecule has 1 N–H and O–H groups in total. The van der Waals surface area contributed by atoms with Crippen molar-refractivity contribution in [2.75, 3.05) is 26.3 Å². The molecule has 2 aliphatic rings. The van der Waals surface area contributed by atoms with Crippen molar-refractivity contribution in [3.63, 3.8) is 0 Å². The van der Waals surface area contributed by atoms with Gasteiger partial charge in [-0.3, -0.25) is 9.69 Å². The summed E-state index contributed by atoms with van der Waals surface area (Å²) >= 11 is 0. The molecule has 5 heteroatoms. The molecule has 2 aliphatic heterocycles. The van der Waals surface area contributed by atoms with Crippen LogP contribution in [-0.2, 0) is 29.0 Å². The number of morpholine rings is 1. The number of nitrogens with zero attached hydrogens (tertiary/aromatic N) is 1. The van der Waals surface area contributed by atoms with E-state index in [9.17, 15) is 4.79 Å². The zero-order valence-electron chi connectivity index (χ0n) is 14.8. The van der Waals surface area contributed by atoms with Crippen molar-refractivity contribution in [3.8, 4) is 5.75 Å². The number of hydrogen-bond donors (Lipinski definition) is 1. The number of para-hydroxylation sites is 1. The molecule has 0 unspecified atom stereocenters. The third kappa shape index (κ3) is 3.89. The number of carbonyl (C=O) groups is 1. The smallest absolute Gasteiger partial charge is 0.261 e. The van der Waals surface area contributed by atoms with Crippen molar-refractivity contribution in [2.24, 2.45) is 0 Å². The zero-order valence-corrected chi connectivity index (χ0v) is 14.8. The first-order valence-electron chi connectivity index (χ1n) is 9.19. The van der Waals surface area contributed by atoms with E-state index < -0.39 is 6.10 Å². The normalized spacial score (nSPS) is 19.6. The summed E-state index contributed by atoms with van der Waals surface area (Å²) in [5.41, 5.74) is 3.51. The van der Waals surface area contributed by atoms with Gasteiger partial charge in [0.05, 0.1) is 13.2 Å². The van der Waals surface area contributed by atoms with E-state index in [-0.39, 0.29) is 5.91 Å². The van der Waals surface area contributed by atoms with E-state index in [1.807, 2.05) is 30.3 Å². The lowest BCUT2D eigenvalue weighted by molar-refractivity contribution is -0.127. The van der Waals surface area contributed by atoms with Gasteiger partial charge < -0.3 is 14.8 Å². The van der Waals surface area contributed by atoms with Crippen LogP contribution in [0.1, 0.15) is 16.7 Å². The lowest BCUT2D eigenvalue weighted by Crippen LogP contribution is -2.38. The van der Waals surface area contributed by atoms with Gasteiger partial charge in [0.15, 0.2) is 6.10 Å². The molecule has 0 aliphatic carbocycles. The summed E-state index contributed by atoms with van der Waals surface area (Å²) in [6.45, 7) is 4.90. The second-order valence-electron chi connectivity index (χ2n) is 6.79. The molecule has 1 fully saturated rings. The van der Waals surface area contributed by atoms with E-state index in [4.69, 9.17) is 9.47 Å². The summed E-state index contributed by atoms with van der Waals surface area (Å²) in [7, 11) is 0. The Morgan fingerprint density at radius 3 is 2.58 bits per heavy atom. The maximum atomic E-state index is 12.5. The highest BCUT2D eigenvalue weighted by atomic mass is 16.5. The maximum Gasteiger partial charge on any atom is 0.261 e. The van der Waals surface area contributed by atoms with E-state index >= 15 is 0 Å².